The summed E-state index contributed by atoms with van der Waals surface area (Å²) in [5.41, 5.74) is 8.04. The predicted octanol–water partition coefficient (Wildman–Crippen LogP) is 2.78. The van der Waals surface area contributed by atoms with Gasteiger partial charge in [-0.15, -0.1) is 0 Å². The summed E-state index contributed by atoms with van der Waals surface area (Å²) >= 11 is 0. The zero-order valence-electron chi connectivity index (χ0n) is 11.6. The third-order valence-electron chi connectivity index (χ3n) is 3.36. The molecule has 0 spiro atoms. The Morgan fingerprint density at radius 3 is 2.83 bits per heavy atom. The Labute approximate surface area is 110 Å². The zero-order chi connectivity index (χ0) is 13.1. The summed E-state index contributed by atoms with van der Waals surface area (Å²) in [5.74, 6) is 1.65. The number of benzene rings is 1. The summed E-state index contributed by atoms with van der Waals surface area (Å²) in [6.07, 6.45) is 1.34. The monoisotopic (exact) mass is 248 g/mol. The fraction of sp³-hybridized carbons (Fsp3) is 0.600. The van der Waals surface area contributed by atoms with Crippen molar-refractivity contribution in [1.82, 2.24) is 0 Å². The van der Waals surface area contributed by atoms with Crippen LogP contribution in [0, 0.1) is 5.92 Å². The Morgan fingerprint density at radius 1 is 1.44 bits per heavy atom. The van der Waals surface area contributed by atoms with Gasteiger partial charge in [-0.05, 0) is 30.0 Å². The van der Waals surface area contributed by atoms with E-state index in [0.29, 0.717) is 18.6 Å². The zero-order valence-corrected chi connectivity index (χ0v) is 11.6. The molecule has 1 aliphatic rings. The highest BCUT2D eigenvalue weighted by atomic mass is 16.5. The highest BCUT2D eigenvalue weighted by Gasteiger charge is 2.25. The summed E-state index contributed by atoms with van der Waals surface area (Å²) < 4.78 is 6.04. The summed E-state index contributed by atoms with van der Waals surface area (Å²) in [5, 5.41) is 0. The molecule has 0 saturated heterocycles. The molecule has 2 N–H and O–H groups in total. The number of nitrogens with zero attached hydrogens (tertiary/aromatic N) is 1. The summed E-state index contributed by atoms with van der Waals surface area (Å²) in [6.45, 7) is 9.32. The van der Waals surface area contributed by atoms with Gasteiger partial charge in [0.25, 0.3) is 0 Å². The maximum Gasteiger partial charge on any atom is 0.143 e. The molecule has 0 bridgehead atoms. The van der Waals surface area contributed by atoms with Crippen LogP contribution in [0.5, 0.6) is 5.75 Å². The van der Waals surface area contributed by atoms with Crippen LogP contribution in [0.25, 0.3) is 0 Å². The Morgan fingerprint density at radius 2 is 2.22 bits per heavy atom. The van der Waals surface area contributed by atoms with Gasteiger partial charge in [0.05, 0.1) is 12.2 Å². The van der Waals surface area contributed by atoms with E-state index in [2.05, 4.69) is 43.9 Å². The largest absolute Gasteiger partial charge is 0.486 e. The van der Waals surface area contributed by atoms with Crippen molar-refractivity contribution in [1.29, 1.82) is 0 Å². The Balaban J connectivity index is 2.29. The predicted molar refractivity (Wildman–Crippen MR) is 76.1 cm³/mol. The third kappa shape index (κ3) is 2.78. The van der Waals surface area contributed by atoms with E-state index in [0.717, 1.165) is 30.8 Å². The van der Waals surface area contributed by atoms with Gasteiger partial charge >= 0.3 is 0 Å². The average molecular weight is 248 g/mol. The van der Waals surface area contributed by atoms with Crippen LogP contribution in [0.2, 0.25) is 0 Å². The van der Waals surface area contributed by atoms with Crippen molar-refractivity contribution in [3.63, 3.8) is 0 Å². The van der Waals surface area contributed by atoms with Gasteiger partial charge in [0, 0.05) is 13.1 Å². The van der Waals surface area contributed by atoms with Crippen molar-refractivity contribution >= 4 is 5.69 Å². The summed E-state index contributed by atoms with van der Waals surface area (Å²) in [7, 11) is 0. The van der Waals surface area contributed by atoms with E-state index >= 15 is 0 Å². The molecule has 1 aromatic rings. The molecule has 0 amide bonds. The number of fused-ring (bicyclic) bond motifs is 1. The van der Waals surface area contributed by atoms with Crippen LogP contribution in [0.4, 0.5) is 5.69 Å². The molecule has 0 radical (unpaired) electrons. The van der Waals surface area contributed by atoms with Gasteiger partial charge in [-0.2, -0.15) is 0 Å². The van der Waals surface area contributed by atoms with Crippen molar-refractivity contribution in [2.24, 2.45) is 11.7 Å². The second kappa shape index (κ2) is 5.61. The Hall–Kier alpha value is -1.22. The normalized spacial score (nSPS) is 18.7. The third-order valence-corrected chi connectivity index (χ3v) is 3.36. The van der Waals surface area contributed by atoms with E-state index < -0.39 is 0 Å². The first kappa shape index (κ1) is 13.2. The second-order valence-corrected chi connectivity index (χ2v) is 5.45. The first-order valence-corrected chi connectivity index (χ1v) is 6.88. The van der Waals surface area contributed by atoms with Crippen LogP contribution < -0.4 is 15.4 Å². The van der Waals surface area contributed by atoms with E-state index in [1.165, 1.54) is 5.69 Å². The van der Waals surface area contributed by atoms with Gasteiger partial charge in [0.1, 0.15) is 11.9 Å². The SMILES string of the molecule is CCC1CN(CC(C)C)c2ccc(CN)cc2O1. The minimum Gasteiger partial charge on any atom is -0.486 e. The smallest absolute Gasteiger partial charge is 0.143 e. The number of hydrogen-bond acceptors (Lipinski definition) is 3. The fourth-order valence-corrected chi connectivity index (χ4v) is 2.43. The van der Waals surface area contributed by atoms with Gasteiger partial charge in [0.15, 0.2) is 0 Å². The molecule has 0 aromatic heterocycles. The first-order chi connectivity index (χ1) is 8.63. The molecule has 3 heteroatoms. The lowest BCUT2D eigenvalue weighted by Crippen LogP contribution is -2.41. The standard InChI is InChI=1S/C15H24N2O/c1-4-13-10-17(9-11(2)3)14-6-5-12(8-16)7-15(14)18-13/h5-7,11,13H,4,8-10,16H2,1-3H3. The minimum atomic E-state index is 0.296. The van der Waals surface area contributed by atoms with Crippen LogP contribution in [0.15, 0.2) is 18.2 Å². The molecular weight excluding hydrogens is 224 g/mol. The molecule has 1 heterocycles. The molecule has 3 nitrogen and oxygen atoms in total. The second-order valence-electron chi connectivity index (χ2n) is 5.45. The molecule has 1 aromatic carbocycles. The topological polar surface area (TPSA) is 38.5 Å². The van der Waals surface area contributed by atoms with Crippen molar-refractivity contribution in [2.75, 3.05) is 18.0 Å². The van der Waals surface area contributed by atoms with Gasteiger partial charge in [-0.25, -0.2) is 0 Å². The molecule has 0 aliphatic carbocycles. The molecule has 0 saturated carbocycles. The number of ether oxygens (including phenoxy) is 1. The lowest BCUT2D eigenvalue weighted by atomic mass is 10.1. The van der Waals surface area contributed by atoms with E-state index in [1.807, 2.05) is 0 Å². The summed E-state index contributed by atoms with van der Waals surface area (Å²) in [6, 6.07) is 6.33. The van der Waals surface area contributed by atoms with Crippen LogP contribution in [-0.2, 0) is 6.54 Å². The highest BCUT2D eigenvalue weighted by Crippen LogP contribution is 2.35. The minimum absolute atomic E-state index is 0.296. The van der Waals surface area contributed by atoms with Gasteiger partial charge < -0.3 is 15.4 Å². The van der Waals surface area contributed by atoms with Crippen molar-refractivity contribution in [3.05, 3.63) is 23.8 Å². The van der Waals surface area contributed by atoms with Gasteiger partial charge in [-0.1, -0.05) is 26.8 Å². The van der Waals surface area contributed by atoms with Crippen molar-refractivity contribution in [3.8, 4) is 5.75 Å². The Bertz CT molecular complexity index is 403. The van der Waals surface area contributed by atoms with E-state index in [1.54, 1.807) is 0 Å². The fourth-order valence-electron chi connectivity index (χ4n) is 2.43. The molecule has 1 aliphatic heterocycles. The van der Waals surface area contributed by atoms with Crippen LogP contribution in [-0.4, -0.2) is 19.2 Å². The van der Waals surface area contributed by atoms with E-state index in [9.17, 15) is 0 Å². The van der Waals surface area contributed by atoms with Crippen molar-refractivity contribution in [2.45, 2.75) is 39.8 Å². The van der Waals surface area contributed by atoms with Crippen LogP contribution in [0.1, 0.15) is 32.8 Å². The lowest BCUT2D eigenvalue weighted by Gasteiger charge is -2.37. The lowest BCUT2D eigenvalue weighted by molar-refractivity contribution is 0.187. The van der Waals surface area contributed by atoms with E-state index in [4.69, 9.17) is 10.5 Å². The maximum absolute atomic E-state index is 6.04. The van der Waals surface area contributed by atoms with E-state index in [-0.39, 0.29) is 0 Å². The molecular formula is C15H24N2O. The first-order valence-electron chi connectivity index (χ1n) is 6.88. The maximum atomic E-state index is 6.04. The average Bonchev–Trinajstić information content (AvgIpc) is 2.37. The van der Waals surface area contributed by atoms with Crippen molar-refractivity contribution < 1.29 is 4.74 Å². The molecule has 18 heavy (non-hydrogen) atoms. The molecule has 2 rings (SSSR count). The molecule has 100 valence electrons. The molecule has 1 atom stereocenters. The highest BCUT2D eigenvalue weighted by molar-refractivity contribution is 5.61. The Kier molecular flexibility index (Phi) is 4.12. The number of anilines is 1. The van der Waals surface area contributed by atoms with Crippen LogP contribution in [0.3, 0.4) is 0 Å². The quantitative estimate of drug-likeness (QED) is 0.890. The van der Waals surface area contributed by atoms with Gasteiger partial charge in [0.2, 0.25) is 0 Å². The number of nitrogens with two attached hydrogens (primary N) is 1. The van der Waals surface area contributed by atoms with Crippen LogP contribution >= 0.6 is 0 Å². The molecule has 0 fully saturated rings. The van der Waals surface area contributed by atoms with Gasteiger partial charge in [-0.3, -0.25) is 0 Å². The number of rotatable bonds is 4. The molecule has 1 unspecified atom stereocenters. The number of hydrogen-bond donors (Lipinski definition) is 1. The summed E-state index contributed by atoms with van der Waals surface area (Å²) in [4.78, 5) is 2.44.